The van der Waals surface area contributed by atoms with Crippen LogP contribution in [0.2, 0.25) is 0 Å². The summed E-state index contributed by atoms with van der Waals surface area (Å²) in [7, 11) is 1.90. The first kappa shape index (κ1) is 12.7. The van der Waals surface area contributed by atoms with Crippen molar-refractivity contribution in [2.75, 3.05) is 20.2 Å². The second kappa shape index (κ2) is 5.73. The molecule has 0 aromatic heterocycles. The molecular weight excluding hydrogens is 232 g/mol. The molecule has 1 aliphatic heterocycles. The van der Waals surface area contributed by atoms with Crippen LogP contribution >= 0.6 is 0 Å². The molecule has 0 spiro atoms. The average Bonchev–Trinajstić information content (AvgIpc) is 2.75. The number of amides is 1. The van der Waals surface area contributed by atoms with Gasteiger partial charge in [0.25, 0.3) is 0 Å². The number of rotatable bonds is 5. The largest absolute Gasteiger partial charge is 0.489 e. The van der Waals surface area contributed by atoms with Crippen molar-refractivity contribution in [1.29, 1.82) is 0 Å². The van der Waals surface area contributed by atoms with E-state index in [1.165, 1.54) is 5.56 Å². The molecule has 1 aliphatic rings. The number of aryl methyl sites for hydroxylation is 1. The van der Waals surface area contributed by atoms with Gasteiger partial charge in [-0.1, -0.05) is 17.7 Å². The van der Waals surface area contributed by atoms with Gasteiger partial charge in [-0.2, -0.15) is 0 Å². The van der Waals surface area contributed by atoms with E-state index in [9.17, 15) is 4.79 Å². The van der Waals surface area contributed by atoms with Crippen molar-refractivity contribution in [1.82, 2.24) is 10.6 Å². The maximum Gasteiger partial charge on any atom is 0.407 e. The Morgan fingerprint density at radius 3 is 3.06 bits per heavy atom. The van der Waals surface area contributed by atoms with E-state index in [-0.39, 0.29) is 12.2 Å². The zero-order chi connectivity index (χ0) is 13.0. The van der Waals surface area contributed by atoms with E-state index in [0.29, 0.717) is 13.2 Å². The monoisotopic (exact) mass is 250 g/mol. The van der Waals surface area contributed by atoms with Gasteiger partial charge in [-0.15, -0.1) is 0 Å². The van der Waals surface area contributed by atoms with Gasteiger partial charge < -0.3 is 20.1 Å². The van der Waals surface area contributed by atoms with Crippen LogP contribution in [0.5, 0.6) is 5.75 Å². The normalized spacial score (nSPS) is 18.3. The Kier molecular flexibility index (Phi) is 4.04. The molecule has 2 rings (SSSR count). The first-order chi connectivity index (χ1) is 8.69. The summed E-state index contributed by atoms with van der Waals surface area (Å²) in [5.41, 5.74) is 2.30. The van der Waals surface area contributed by atoms with E-state index in [2.05, 4.69) is 16.7 Å². The van der Waals surface area contributed by atoms with Crippen molar-refractivity contribution >= 4 is 6.09 Å². The summed E-state index contributed by atoms with van der Waals surface area (Å²) in [4.78, 5) is 10.9. The fourth-order valence-electron chi connectivity index (χ4n) is 1.89. The molecule has 0 bridgehead atoms. The fourth-order valence-corrected chi connectivity index (χ4v) is 1.89. The highest BCUT2D eigenvalue weighted by molar-refractivity contribution is 5.69. The van der Waals surface area contributed by atoms with E-state index in [0.717, 1.165) is 17.9 Å². The van der Waals surface area contributed by atoms with Gasteiger partial charge in [0.15, 0.2) is 6.10 Å². The minimum atomic E-state index is -0.372. The fraction of sp³-hybridized carbons (Fsp3) is 0.462. The van der Waals surface area contributed by atoms with Crippen LogP contribution in [0.1, 0.15) is 11.1 Å². The van der Waals surface area contributed by atoms with Crippen LogP contribution in [-0.4, -0.2) is 32.4 Å². The summed E-state index contributed by atoms with van der Waals surface area (Å²) in [6, 6.07) is 6.05. The van der Waals surface area contributed by atoms with Crippen LogP contribution < -0.4 is 15.4 Å². The molecule has 1 atom stereocenters. The average molecular weight is 250 g/mol. The van der Waals surface area contributed by atoms with E-state index in [1.54, 1.807) is 0 Å². The Labute approximate surface area is 106 Å². The lowest BCUT2D eigenvalue weighted by atomic mass is 10.1. The first-order valence-corrected chi connectivity index (χ1v) is 6.00. The lowest BCUT2D eigenvalue weighted by Crippen LogP contribution is -2.22. The summed E-state index contributed by atoms with van der Waals surface area (Å²) in [5, 5.41) is 5.71. The molecule has 0 radical (unpaired) electrons. The third kappa shape index (κ3) is 3.13. The van der Waals surface area contributed by atoms with Crippen LogP contribution in [0.15, 0.2) is 18.2 Å². The molecule has 1 saturated heterocycles. The molecule has 1 fully saturated rings. The Morgan fingerprint density at radius 1 is 1.56 bits per heavy atom. The predicted molar refractivity (Wildman–Crippen MR) is 67.7 cm³/mol. The maximum atomic E-state index is 10.9. The molecule has 2 N–H and O–H groups in total. The molecule has 1 aromatic carbocycles. The number of alkyl carbamates (subject to hydrolysis) is 1. The highest BCUT2D eigenvalue weighted by Crippen LogP contribution is 2.20. The van der Waals surface area contributed by atoms with Crippen LogP contribution in [0.25, 0.3) is 0 Å². The lowest BCUT2D eigenvalue weighted by Gasteiger charge is -2.14. The zero-order valence-corrected chi connectivity index (χ0v) is 10.7. The van der Waals surface area contributed by atoms with E-state index < -0.39 is 0 Å². The molecule has 5 heteroatoms. The second-order valence-corrected chi connectivity index (χ2v) is 4.36. The zero-order valence-electron chi connectivity index (χ0n) is 10.7. The van der Waals surface area contributed by atoms with Gasteiger partial charge >= 0.3 is 6.09 Å². The van der Waals surface area contributed by atoms with Gasteiger partial charge in [0.1, 0.15) is 12.4 Å². The summed E-state index contributed by atoms with van der Waals surface area (Å²) in [6.07, 6.45) is -0.579. The van der Waals surface area contributed by atoms with Gasteiger partial charge in [-0.05, 0) is 20.0 Å². The van der Waals surface area contributed by atoms with Crippen molar-refractivity contribution in [2.24, 2.45) is 0 Å². The SMILES string of the molecule is CNCc1cc(C)ccc1OCC1CNC(=O)O1. The molecule has 1 unspecified atom stereocenters. The number of benzene rings is 1. The Balaban J connectivity index is 1.97. The van der Waals surface area contributed by atoms with Crippen molar-refractivity contribution in [2.45, 2.75) is 19.6 Å². The number of nitrogens with one attached hydrogen (secondary N) is 2. The van der Waals surface area contributed by atoms with Crippen molar-refractivity contribution in [3.05, 3.63) is 29.3 Å². The van der Waals surface area contributed by atoms with Gasteiger partial charge in [0.05, 0.1) is 6.54 Å². The number of cyclic esters (lactones) is 1. The van der Waals surface area contributed by atoms with E-state index >= 15 is 0 Å². The second-order valence-electron chi connectivity index (χ2n) is 4.36. The molecular formula is C13H18N2O3. The van der Waals surface area contributed by atoms with Gasteiger partial charge in [0, 0.05) is 12.1 Å². The minimum Gasteiger partial charge on any atom is -0.489 e. The Hall–Kier alpha value is -1.75. The highest BCUT2D eigenvalue weighted by atomic mass is 16.6. The molecule has 18 heavy (non-hydrogen) atoms. The molecule has 0 saturated carbocycles. The number of hydrogen-bond donors (Lipinski definition) is 2. The molecule has 0 aliphatic carbocycles. The molecule has 5 nitrogen and oxygen atoms in total. The van der Waals surface area contributed by atoms with Gasteiger partial charge in [0.2, 0.25) is 0 Å². The third-order valence-corrected chi connectivity index (χ3v) is 2.76. The highest BCUT2D eigenvalue weighted by Gasteiger charge is 2.23. The smallest absolute Gasteiger partial charge is 0.407 e. The Morgan fingerprint density at radius 2 is 2.39 bits per heavy atom. The third-order valence-electron chi connectivity index (χ3n) is 2.76. The summed E-state index contributed by atoms with van der Waals surface area (Å²) >= 11 is 0. The number of carbonyl (C=O) groups excluding carboxylic acids is 1. The van der Waals surface area contributed by atoms with Gasteiger partial charge in [-0.25, -0.2) is 4.79 Å². The van der Waals surface area contributed by atoms with Crippen LogP contribution in [0.3, 0.4) is 0 Å². The van der Waals surface area contributed by atoms with Crippen LogP contribution in [0.4, 0.5) is 4.79 Å². The number of hydrogen-bond acceptors (Lipinski definition) is 4. The van der Waals surface area contributed by atoms with Crippen molar-refractivity contribution < 1.29 is 14.3 Å². The van der Waals surface area contributed by atoms with E-state index in [1.807, 2.05) is 26.1 Å². The predicted octanol–water partition coefficient (Wildman–Crippen LogP) is 1.20. The van der Waals surface area contributed by atoms with Crippen molar-refractivity contribution in [3.63, 3.8) is 0 Å². The number of carbonyl (C=O) groups is 1. The van der Waals surface area contributed by atoms with Crippen molar-refractivity contribution in [3.8, 4) is 5.75 Å². The Bertz CT molecular complexity index is 434. The topological polar surface area (TPSA) is 59.6 Å². The summed E-state index contributed by atoms with van der Waals surface area (Å²) in [6.45, 7) is 3.68. The summed E-state index contributed by atoms with van der Waals surface area (Å²) in [5.74, 6) is 0.831. The van der Waals surface area contributed by atoms with Gasteiger partial charge in [-0.3, -0.25) is 0 Å². The minimum absolute atomic E-state index is 0.207. The molecule has 1 amide bonds. The van der Waals surface area contributed by atoms with Crippen LogP contribution in [-0.2, 0) is 11.3 Å². The summed E-state index contributed by atoms with van der Waals surface area (Å²) < 4.78 is 10.7. The molecule has 98 valence electrons. The quantitative estimate of drug-likeness (QED) is 0.824. The van der Waals surface area contributed by atoms with Crippen LogP contribution in [0, 0.1) is 6.92 Å². The molecule has 1 aromatic rings. The first-order valence-electron chi connectivity index (χ1n) is 6.00. The van der Waals surface area contributed by atoms with E-state index in [4.69, 9.17) is 9.47 Å². The number of ether oxygens (including phenoxy) is 2. The maximum absolute atomic E-state index is 10.9. The molecule has 1 heterocycles. The standard InChI is InChI=1S/C13H18N2O3/c1-9-3-4-12(10(5-9)6-14-2)17-8-11-7-15-13(16)18-11/h3-5,11,14H,6-8H2,1-2H3,(H,15,16). The lowest BCUT2D eigenvalue weighted by molar-refractivity contribution is 0.104.